The zero-order chi connectivity index (χ0) is 13.4. The number of nitrogens with zero attached hydrogens (tertiary/aromatic N) is 2. The molecule has 3 fully saturated rings. The first-order valence-electron chi connectivity index (χ1n) is 8.07. The number of hydrogen-bond acceptors (Lipinski definition) is 5. The molecule has 2 saturated carbocycles. The van der Waals surface area contributed by atoms with E-state index in [-0.39, 0.29) is 0 Å². The van der Waals surface area contributed by atoms with Crippen molar-refractivity contribution in [3.8, 4) is 0 Å². The van der Waals surface area contributed by atoms with E-state index in [1.807, 2.05) is 11.8 Å². The van der Waals surface area contributed by atoms with E-state index >= 15 is 0 Å². The summed E-state index contributed by atoms with van der Waals surface area (Å²) in [7, 11) is 0. The van der Waals surface area contributed by atoms with Crippen LogP contribution in [-0.2, 0) is 5.75 Å². The molecule has 0 aromatic carbocycles. The third-order valence-electron chi connectivity index (χ3n) is 5.25. The third kappa shape index (κ3) is 2.50. The van der Waals surface area contributed by atoms with Crippen molar-refractivity contribution in [2.45, 2.75) is 62.0 Å². The van der Waals surface area contributed by atoms with Gasteiger partial charge in [-0.1, -0.05) is 24.4 Å². The van der Waals surface area contributed by atoms with Crippen LogP contribution in [0.5, 0.6) is 0 Å². The summed E-state index contributed by atoms with van der Waals surface area (Å²) < 4.78 is 5.54. The summed E-state index contributed by atoms with van der Waals surface area (Å²) in [5, 5.41) is 8.59. The highest BCUT2D eigenvalue weighted by Gasteiger charge is 2.42. The van der Waals surface area contributed by atoms with Crippen molar-refractivity contribution in [2.24, 2.45) is 11.8 Å². The molecule has 0 amide bonds. The Labute approximate surface area is 124 Å². The van der Waals surface area contributed by atoms with Crippen LogP contribution in [0.25, 0.3) is 0 Å². The minimum Gasteiger partial charge on any atom is -0.338 e. The van der Waals surface area contributed by atoms with Crippen molar-refractivity contribution in [1.82, 2.24) is 15.5 Å². The lowest BCUT2D eigenvalue weighted by molar-refractivity contribution is 0.301. The van der Waals surface area contributed by atoms with Gasteiger partial charge in [0.05, 0.1) is 11.8 Å². The van der Waals surface area contributed by atoms with Gasteiger partial charge < -0.3 is 9.84 Å². The van der Waals surface area contributed by atoms with E-state index < -0.39 is 0 Å². The van der Waals surface area contributed by atoms with Crippen LogP contribution in [0.15, 0.2) is 4.52 Å². The maximum atomic E-state index is 5.54. The van der Waals surface area contributed by atoms with Gasteiger partial charge in [0, 0.05) is 5.25 Å². The molecule has 0 radical (unpaired) electrons. The van der Waals surface area contributed by atoms with Gasteiger partial charge in [-0.15, -0.1) is 0 Å². The molecule has 1 aliphatic heterocycles. The number of fused-ring (bicyclic) bond motifs is 1. The molecule has 4 rings (SSSR count). The van der Waals surface area contributed by atoms with Crippen LogP contribution < -0.4 is 5.32 Å². The smallest absolute Gasteiger partial charge is 0.244 e. The highest BCUT2D eigenvalue weighted by molar-refractivity contribution is 7.99. The minimum absolute atomic E-state index is 0.320. The number of hydrogen-bond donors (Lipinski definition) is 1. The first-order valence-corrected chi connectivity index (χ1v) is 9.12. The van der Waals surface area contributed by atoms with Crippen molar-refractivity contribution in [1.29, 1.82) is 0 Å². The van der Waals surface area contributed by atoms with E-state index in [1.165, 1.54) is 44.9 Å². The van der Waals surface area contributed by atoms with Crippen LogP contribution in [0.1, 0.15) is 62.7 Å². The van der Waals surface area contributed by atoms with Gasteiger partial charge >= 0.3 is 0 Å². The first kappa shape index (κ1) is 13.1. The highest BCUT2D eigenvalue weighted by Crippen LogP contribution is 2.43. The summed E-state index contributed by atoms with van der Waals surface area (Å²) in [6, 6.07) is 0.320. The fraction of sp³-hybridized carbons (Fsp3) is 0.867. The molecular formula is C15H23N3OS. The molecule has 1 aromatic heterocycles. The van der Waals surface area contributed by atoms with Crippen molar-refractivity contribution in [2.75, 3.05) is 6.54 Å². The number of rotatable bonds is 4. The SMILES string of the molecule is C1CCC(SCc2noc(C3NCC4CCCC43)n2)C1. The lowest BCUT2D eigenvalue weighted by Crippen LogP contribution is -2.18. The monoisotopic (exact) mass is 293 g/mol. The van der Waals surface area contributed by atoms with Gasteiger partial charge in [-0.2, -0.15) is 16.7 Å². The zero-order valence-corrected chi connectivity index (χ0v) is 12.7. The molecule has 0 spiro atoms. The van der Waals surface area contributed by atoms with Crippen LogP contribution in [-0.4, -0.2) is 21.9 Å². The second-order valence-corrected chi connectivity index (χ2v) is 7.80. The summed E-state index contributed by atoms with van der Waals surface area (Å²) in [5.41, 5.74) is 0. The Morgan fingerprint density at radius 2 is 2.05 bits per heavy atom. The van der Waals surface area contributed by atoms with Gasteiger partial charge in [0.15, 0.2) is 5.82 Å². The minimum atomic E-state index is 0.320. The number of thioether (sulfide) groups is 1. The van der Waals surface area contributed by atoms with E-state index in [1.54, 1.807) is 0 Å². The summed E-state index contributed by atoms with van der Waals surface area (Å²) in [5.74, 6) is 4.20. The molecule has 3 unspecified atom stereocenters. The molecule has 20 heavy (non-hydrogen) atoms. The standard InChI is InChI=1S/C15H23N3OS/c1-2-6-11(5-1)20-9-13-17-15(19-18-13)14-12-7-3-4-10(12)8-16-14/h10-12,14,16H,1-9H2. The third-order valence-corrected chi connectivity index (χ3v) is 6.61. The number of aromatic nitrogens is 2. The largest absolute Gasteiger partial charge is 0.338 e. The molecule has 110 valence electrons. The van der Waals surface area contributed by atoms with Crippen LogP contribution in [0.4, 0.5) is 0 Å². The Balaban J connectivity index is 1.37. The van der Waals surface area contributed by atoms with E-state index in [4.69, 9.17) is 4.52 Å². The van der Waals surface area contributed by atoms with E-state index in [0.29, 0.717) is 6.04 Å². The average molecular weight is 293 g/mol. The van der Waals surface area contributed by atoms with Crippen molar-refractivity contribution < 1.29 is 4.52 Å². The van der Waals surface area contributed by atoms with E-state index in [0.717, 1.165) is 41.1 Å². The maximum absolute atomic E-state index is 5.54. The van der Waals surface area contributed by atoms with Crippen LogP contribution in [0, 0.1) is 11.8 Å². The molecule has 1 saturated heterocycles. The van der Waals surface area contributed by atoms with Gasteiger partial charge in [0.2, 0.25) is 5.89 Å². The Bertz CT molecular complexity index is 458. The molecule has 1 aromatic rings. The molecule has 5 heteroatoms. The molecule has 4 nitrogen and oxygen atoms in total. The Hall–Kier alpha value is -0.550. The quantitative estimate of drug-likeness (QED) is 0.923. The molecular weight excluding hydrogens is 270 g/mol. The number of nitrogens with one attached hydrogen (secondary N) is 1. The molecule has 3 atom stereocenters. The van der Waals surface area contributed by atoms with Crippen LogP contribution in [0.3, 0.4) is 0 Å². The van der Waals surface area contributed by atoms with Crippen molar-refractivity contribution in [3.05, 3.63) is 11.7 Å². The normalized spacial score (nSPS) is 33.9. The summed E-state index contributed by atoms with van der Waals surface area (Å²) in [4.78, 5) is 4.65. The van der Waals surface area contributed by atoms with Crippen molar-refractivity contribution in [3.63, 3.8) is 0 Å². The fourth-order valence-corrected chi connectivity index (χ4v) is 5.33. The highest BCUT2D eigenvalue weighted by atomic mass is 32.2. The molecule has 2 aliphatic carbocycles. The topological polar surface area (TPSA) is 51.0 Å². The second kappa shape index (κ2) is 5.68. The molecule has 1 N–H and O–H groups in total. The fourth-order valence-electron chi connectivity index (χ4n) is 4.16. The first-order chi connectivity index (χ1) is 9.90. The average Bonchev–Trinajstić information content (AvgIpc) is 3.20. The molecule has 0 bridgehead atoms. The predicted molar refractivity (Wildman–Crippen MR) is 79.4 cm³/mol. The van der Waals surface area contributed by atoms with E-state index in [2.05, 4.69) is 15.5 Å². The lowest BCUT2D eigenvalue weighted by atomic mass is 9.94. The van der Waals surface area contributed by atoms with Gasteiger partial charge in [-0.05, 0) is 44.1 Å². The lowest BCUT2D eigenvalue weighted by Gasteiger charge is -2.13. The summed E-state index contributed by atoms with van der Waals surface area (Å²) >= 11 is 2.01. The molecule has 3 aliphatic rings. The maximum Gasteiger partial charge on any atom is 0.244 e. The zero-order valence-electron chi connectivity index (χ0n) is 11.9. The van der Waals surface area contributed by atoms with Gasteiger partial charge in [0.25, 0.3) is 0 Å². The predicted octanol–water partition coefficient (Wildman–Crippen LogP) is 3.31. The van der Waals surface area contributed by atoms with E-state index in [9.17, 15) is 0 Å². The Morgan fingerprint density at radius 3 is 2.95 bits per heavy atom. The second-order valence-electron chi connectivity index (χ2n) is 6.51. The Morgan fingerprint density at radius 1 is 1.15 bits per heavy atom. The van der Waals surface area contributed by atoms with Crippen LogP contribution >= 0.6 is 11.8 Å². The Kier molecular flexibility index (Phi) is 3.73. The van der Waals surface area contributed by atoms with Gasteiger partial charge in [-0.3, -0.25) is 0 Å². The van der Waals surface area contributed by atoms with Gasteiger partial charge in [-0.25, -0.2) is 0 Å². The van der Waals surface area contributed by atoms with Crippen LogP contribution in [0.2, 0.25) is 0 Å². The summed E-state index contributed by atoms with van der Waals surface area (Å²) in [6.07, 6.45) is 9.57. The summed E-state index contributed by atoms with van der Waals surface area (Å²) in [6.45, 7) is 1.13. The van der Waals surface area contributed by atoms with Crippen molar-refractivity contribution >= 4 is 11.8 Å². The molecule has 2 heterocycles. The van der Waals surface area contributed by atoms with Gasteiger partial charge in [0.1, 0.15) is 0 Å².